The average Bonchev–Trinajstić information content (AvgIpc) is 3.06. The van der Waals surface area contributed by atoms with E-state index in [9.17, 15) is 17.6 Å². The van der Waals surface area contributed by atoms with Gasteiger partial charge in [-0.25, -0.2) is 17.5 Å². The largest absolute Gasteiger partial charge is 0.360 e. The second-order valence-electron chi connectivity index (χ2n) is 7.17. The Morgan fingerprint density at radius 1 is 1.23 bits per heavy atom. The van der Waals surface area contributed by atoms with Crippen molar-refractivity contribution in [3.63, 3.8) is 0 Å². The number of carbonyl (C=O) groups excluding carboxylic acids is 1. The Morgan fingerprint density at radius 3 is 2.61 bits per heavy atom. The number of aromatic nitrogens is 1. The maximum Gasteiger partial charge on any atom is 0.257 e. The first-order valence-electron chi connectivity index (χ1n) is 9.40. The van der Waals surface area contributed by atoms with Crippen LogP contribution in [0.4, 0.5) is 4.39 Å². The van der Waals surface area contributed by atoms with Crippen molar-refractivity contribution in [1.29, 1.82) is 0 Å². The average molecular weight is 466 g/mol. The van der Waals surface area contributed by atoms with Gasteiger partial charge >= 0.3 is 0 Å². The number of halogens is 2. The first-order chi connectivity index (χ1) is 14.6. The molecule has 0 unspecified atom stereocenters. The Kier molecular flexibility index (Phi) is 6.78. The summed E-state index contributed by atoms with van der Waals surface area (Å²) in [6, 6.07) is 10.1. The van der Waals surface area contributed by atoms with Crippen molar-refractivity contribution in [2.75, 3.05) is 0 Å². The third-order valence-electron chi connectivity index (χ3n) is 4.34. The van der Waals surface area contributed by atoms with Crippen LogP contribution in [0.1, 0.15) is 35.5 Å². The van der Waals surface area contributed by atoms with Crippen molar-refractivity contribution in [1.82, 2.24) is 15.2 Å². The topological polar surface area (TPSA) is 101 Å². The maximum atomic E-state index is 14.3. The molecule has 0 aliphatic heterocycles. The van der Waals surface area contributed by atoms with Crippen molar-refractivity contribution in [2.24, 2.45) is 0 Å². The Hall–Kier alpha value is -2.75. The zero-order valence-corrected chi connectivity index (χ0v) is 18.6. The van der Waals surface area contributed by atoms with E-state index in [1.54, 1.807) is 26.0 Å². The highest BCUT2D eigenvalue weighted by molar-refractivity contribution is 7.89. The smallest absolute Gasteiger partial charge is 0.257 e. The second kappa shape index (κ2) is 9.17. The standard InChI is InChI=1S/C21H21ClFN3O4S/c1-12(2)26-31(28,29)15-7-4-6-14(10-15)11-24-21(27)18-13(3)30-25-20(18)19-16(22)8-5-9-17(19)23/h4-10,12,26H,11H2,1-3H3,(H,24,27). The minimum absolute atomic E-state index is 0.00411. The SMILES string of the molecule is Cc1onc(-c2c(F)cccc2Cl)c1C(=O)NCc1cccc(S(=O)(=O)NC(C)C)c1. The van der Waals surface area contributed by atoms with Gasteiger partial charge in [-0.3, -0.25) is 4.79 Å². The molecule has 0 saturated carbocycles. The van der Waals surface area contributed by atoms with Crippen LogP contribution in [0.15, 0.2) is 51.9 Å². The Labute approximate surface area is 184 Å². The van der Waals surface area contributed by atoms with Gasteiger partial charge in [0, 0.05) is 12.6 Å². The van der Waals surface area contributed by atoms with Gasteiger partial charge in [0.05, 0.1) is 15.5 Å². The minimum atomic E-state index is -3.67. The molecule has 10 heteroatoms. The summed E-state index contributed by atoms with van der Waals surface area (Å²) in [5.41, 5.74) is 0.589. The summed E-state index contributed by atoms with van der Waals surface area (Å²) < 4.78 is 46.7. The third-order valence-corrected chi connectivity index (χ3v) is 6.31. The molecule has 0 fully saturated rings. The lowest BCUT2D eigenvalue weighted by Gasteiger charge is -2.11. The van der Waals surface area contributed by atoms with Gasteiger partial charge in [-0.2, -0.15) is 0 Å². The van der Waals surface area contributed by atoms with Gasteiger partial charge in [-0.05, 0) is 50.6 Å². The summed E-state index contributed by atoms with van der Waals surface area (Å²) in [5.74, 6) is -0.990. The van der Waals surface area contributed by atoms with Gasteiger partial charge in [-0.1, -0.05) is 35.0 Å². The van der Waals surface area contributed by atoms with Crippen LogP contribution in [0.2, 0.25) is 5.02 Å². The molecule has 7 nitrogen and oxygen atoms in total. The van der Waals surface area contributed by atoms with E-state index in [4.69, 9.17) is 16.1 Å². The van der Waals surface area contributed by atoms with Crippen LogP contribution in [0, 0.1) is 12.7 Å². The summed E-state index contributed by atoms with van der Waals surface area (Å²) in [5, 5.41) is 6.60. The van der Waals surface area contributed by atoms with E-state index in [1.165, 1.54) is 37.3 Å². The van der Waals surface area contributed by atoms with Crippen LogP contribution in [-0.2, 0) is 16.6 Å². The van der Waals surface area contributed by atoms with Crippen LogP contribution < -0.4 is 10.0 Å². The molecule has 2 N–H and O–H groups in total. The number of carbonyl (C=O) groups is 1. The summed E-state index contributed by atoms with van der Waals surface area (Å²) in [4.78, 5) is 12.9. The van der Waals surface area contributed by atoms with Gasteiger partial charge in [0.25, 0.3) is 5.91 Å². The molecule has 0 bridgehead atoms. The molecule has 0 radical (unpaired) electrons. The fraction of sp³-hybridized carbons (Fsp3) is 0.238. The fourth-order valence-electron chi connectivity index (χ4n) is 3.01. The molecule has 1 amide bonds. The van der Waals surface area contributed by atoms with Gasteiger partial charge in [0.2, 0.25) is 10.0 Å². The molecule has 1 heterocycles. The van der Waals surface area contributed by atoms with Crippen molar-refractivity contribution < 1.29 is 22.1 Å². The molecule has 31 heavy (non-hydrogen) atoms. The van der Waals surface area contributed by atoms with Crippen molar-refractivity contribution in [3.05, 3.63) is 70.2 Å². The van der Waals surface area contributed by atoms with Gasteiger partial charge < -0.3 is 9.84 Å². The highest BCUT2D eigenvalue weighted by atomic mass is 35.5. The molecule has 164 valence electrons. The Balaban J connectivity index is 1.84. The number of benzene rings is 2. The summed E-state index contributed by atoms with van der Waals surface area (Å²) in [7, 11) is -3.67. The van der Waals surface area contributed by atoms with E-state index in [-0.39, 0.29) is 45.1 Å². The summed E-state index contributed by atoms with van der Waals surface area (Å²) in [6.07, 6.45) is 0. The Morgan fingerprint density at radius 2 is 1.94 bits per heavy atom. The van der Waals surface area contributed by atoms with Gasteiger partial charge in [-0.15, -0.1) is 0 Å². The highest BCUT2D eigenvalue weighted by Gasteiger charge is 2.25. The zero-order chi connectivity index (χ0) is 22.8. The number of rotatable bonds is 7. The number of nitrogens with zero attached hydrogens (tertiary/aromatic N) is 1. The number of sulfonamides is 1. The van der Waals surface area contributed by atoms with Crippen LogP contribution in [-0.4, -0.2) is 25.5 Å². The van der Waals surface area contributed by atoms with Gasteiger partial charge in [0.15, 0.2) is 0 Å². The summed E-state index contributed by atoms with van der Waals surface area (Å²) in [6.45, 7) is 5.02. The molecule has 0 aliphatic rings. The van der Waals surface area contributed by atoms with Crippen molar-refractivity contribution in [2.45, 2.75) is 38.3 Å². The van der Waals surface area contributed by atoms with Crippen molar-refractivity contribution in [3.8, 4) is 11.3 Å². The van der Waals surface area contributed by atoms with Crippen LogP contribution in [0.5, 0.6) is 0 Å². The molecular formula is C21H21ClFN3O4S. The monoisotopic (exact) mass is 465 g/mol. The number of hydrogen-bond acceptors (Lipinski definition) is 5. The zero-order valence-electron chi connectivity index (χ0n) is 17.1. The van der Waals surface area contributed by atoms with Crippen LogP contribution in [0.3, 0.4) is 0 Å². The highest BCUT2D eigenvalue weighted by Crippen LogP contribution is 2.33. The maximum absolute atomic E-state index is 14.3. The van der Waals surface area contributed by atoms with E-state index in [0.29, 0.717) is 5.56 Å². The number of hydrogen-bond donors (Lipinski definition) is 2. The Bertz CT molecular complexity index is 1200. The quantitative estimate of drug-likeness (QED) is 0.548. The third kappa shape index (κ3) is 5.12. The minimum Gasteiger partial charge on any atom is -0.360 e. The lowest BCUT2D eigenvalue weighted by atomic mass is 10.0. The first-order valence-corrected chi connectivity index (χ1v) is 11.3. The molecule has 0 aliphatic carbocycles. The normalized spacial score (nSPS) is 11.7. The first kappa shape index (κ1) is 22.9. The molecule has 2 aromatic carbocycles. The number of amides is 1. The molecule has 0 spiro atoms. The second-order valence-corrected chi connectivity index (χ2v) is 9.29. The molecule has 3 rings (SSSR count). The van der Waals surface area contributed by atoms with Crippen molar-refractivity contribution >= 4 is 27.5 Å². The van der Waals surface area contributed by atoms with E-state index >= 15 is 0 Å². The van der Waals surface area contributed by atoms with E-state index in [0.717, 1.165) is 0 Å². The van der Waals surface area contributed by atoms with E-state index in [2.05, 4.69) is 15.2 Å². The predicted octanol–water partition coefficient (Wildman–Crippen LogP) is 4.06. The van der Waals surface area contributed by atoms with Gasteiger partial charge in [0.1, 0.15) is 22.8 Å². The molecule has 0 saturated heterocycles. The lowest BCUT2D eigenvalue weighted by molar-refractivity contribution is 0.0950. The van der Waals surface area contributed by atoms with E-state index in [1.807, 2.05) is 0 Å². The van der Waals surface area contributed by atoms with Crippen LogP contribution in [0.25, 0.3) is 11.3 Å². The molecule has 1 aromatic heterocycles. The number of aryl methyl sites for hydroxylation is 1. The molecule has 0 atom stereocenters. The van der Waals surface area contributed by atoms with Crippen LogP contribution >= 0.6 is 11.6 Å². The lowest BCUT2D eigenvalue weighted by Crippen LogP contribution is -2.30. The summed E-state index contributed by atoms with van der Waals surface area (Å²) >= 11 is 6.10. The number of nitrogens with one attached hydrogen (secondary N) is 2. The fourth-order valence-corrected chi connectivity index (χ4v) is 4.58. The van der Waals surface area contributed by atoms with E-state index < -0.39 is 21.7 Å². The predicted molar refractivity (Wildman–Crippen MR) is 115 cm³/mol. The molecule has 3 aromatic rings. The molecular weight excluding hydrogens is 445 g/mol.